The zero-order valence-corrected chi connectivity index (χ0v) is 20.2. The Morgan fingerprint density at radius 1 is 0.970 bits per heavy atom. The molecule has 4 rings (SSSR count). The number of carbonyl (C=O) groups excluding carboxylic acids is 1. The van der Waals surface area contributed by atoms with E-state index in [2.05, 4.69) is 15.3 Å². The number of benzene rings is 2. The topological polar surface area (TPSA) is 77.9 Å². The predicted molar refractivity (Wildman–Crippen MR) is 112 cm³/mol. The molecule has 1 aliphatic carbocycles. The van der Waals surface area contributed by atoms with E-state index in [4.69, 9.17) is 0 Å². The van der Waals surface area contributed by atoms with Gasteiger partial charge in [-0.2, -0.15) is 13.2 Å². The first kappa shape index (κ1) is 25.2. The molecule has 0 fully saturated rings. The van der Waals surface area contributed by atoms with E-state index in [9.17, 15) is 23.1 Å². The standard InChI is InChI=1S/C24H22F3N3O2.Na/c25-24(26,27)23-29-19-13-6-2-5-11-18(19)21(30-23)28-14-16-10-7-12-17(20(16)22(31)32)15-8-3-1-4-9-15;/h1,3-4,7-10,12H,2,5-6,11,13-14H2,(H,31,32)(H,28,29,30);/q;+1/p-1. The van der Waals surface area contributed by atoms with Crippen LogP contribution in [-0.4, -0.2) is 15.9 Å². The van der Waals surface area contributed by atoms with Crippen LogP contribution < -0.4 is 40.0 Å². The molecule has 0 bridgehead atoms. The van der Waals surface area contributed by atoms with Crippen LogP contribution in [0.5, 0.6) is 0 Å². The number of aryl methyl sites for hydroxylation is 1. The minimum atomic E-state index is -4.67. The van der Waals surface area contributed by atoms with Gasteiger partial charge in [0.1, 0.15) is 5.82 Å². The summed E-state index contributed by atoms with van der Waals surface area (Å²) in [6, 6.07) is 14.0. The third kappa shape index (κ3) is 5.75. The van der Waals surface area contributed by atoms with Crippen LogP contribution in [-0.2, 0) is 25.6 Å². The van der Waals surface area contributed by atoms with Crippen LogP contribution in [0.2, 0.25) is 0 Å². The van der Waals surface area contributed by atoms with E-state index >= 15 is 0 Å². The van der Waals surface area contributed by atoms with Gasteiger partial charge in [-0.1, -0.05) is 55.0 Å². The number of halogens is 3. The first-order valence-electron chi connectivity index (χ1n) is 10.4. The van der Waals surface area contributed by atoms with Gasteiger partial charge < -0.3 is 15.2 Å². The van der Waals surface area contributed by atoms with Gasteiger partial charge in [0.25, 0.3) is 0 Å². The van der Waals surface area contributed by atoms with Crippen molar-refractivity contribution in [3.05, 3.63) is 76.7 Å². The van der Waals surface area contributed by atoms with Gasteiger partial charge in [-0.15, -0.1) is 0 Å². The maximum atomic E-state index is 13.4. The van der Waals surface area contributed by atoms with Crippen molar-refractivity contribution in [2.24, 2.45) is 0 Å². The molecule has 0 saturated carbocycles. The van der Waals surface area contributed by atoms with Crippen LogP contribution in [0.25, 0.3) is 11.1 Å². The first-order valence-corrected chi connectivity index (χ1v) is 10.4. The van der Waals surface area contributed by atoms with Gasteiger partial charge in [0, 0.05) is 23.4 Å². The summed E-state index contributed by atoms with van der Waals surface area (Å²) in [6.07, 6.45) is -1.11. The summed E-state index contributed by atoms with van der Waals surface area (Å²) in [4.78, 5) is 19.5. The molecule has 9 heteroatoms. The van der Waals surface area contributed by atoms with Gasteiger partial charge in [0.15, 0.2) is 0 Å². The molecule has 0 unspecified atom stereocenters. The SMILES string of the molecule is O=C([O-])c1c(CNc2nc(C(F)(F)F)nc3c2CCCCC3)cccc1-c1ccccc1.[Na+]. The van der Waals surface area contributed by atoms with Crippen LogP contribution in [0.3, 0.4) is 0 Å². The molecule has 3 aromatic rings. The third-order valence-corrected chi connectivity index (χ3v) is 5.57. The molecule has 0 radical (unpaired) electrons. The summed E-state index contributed by atoms with van der Waals surface area (Å²) in [7, 11) is 0. The molecule has 33 heavy (non-hydrogen) atoms. The zero-order valence-electron chi connectivity index (χ0n) is 18.2. The van der Waals surface area contributed by atoms with Crippen molar-refractivity contribution in [2.45, 2.75) is 44.8 Å². The zero-order chi connectivity index (χ0) is 22.7. The Morgan fingerprint density at radius 2 is 1.70 bits per heavy atom. The molecule has 0 saturated heterocycles. The molecule has 0 amide bonds. The van der Waals surface area contributed by atoms with Gasteiger partial charge in [0.05, 0.1) is 5.97 Å². The molecule has 1 aromatic heterocycles. The monoisotopic (exact) mass is 463 g/mol. The summed E-state index contributed by atoms with van der Waals surface area (Å²) >= 11 is 0. The quantitative estimate of drug-likeness (QED) is 0.458. The van der Waals surface area contributed by atoms with Gasteiger partial charge >= 0.3 is 35.7 Å². The van der Waals surface area contributed by atoms with Crippen molar-refractivity contribution < 1.29 is 52.6 Å². The van der Waals surface area contributed by atoms with Gasteiger partial charge in [-0.3, -0.25) is 0 Å². The molecule has 0 atom stereocenters. The molecule has 0 aliphatic heterocycles. The molecule has 0 spiro atoms. The summed E-state index contributed by atoms with van der Waals surface area (Å²) in [5.41, 5.74) is 2.68. The number of carboxylic acid groups (broad SMARTS) is 1. The van der Waals surface area contributed by atoms with Gasteiger partial charge in [-0.05, 0) is 42.4 Å². The van der Waals surface area contributed by atoms with Crippen LogP contribution >= 0.6 is 0 Å². The van der Waals surface area contributed by atoms with E-state index in [0.717, 1.165) is 19.3 Å². The van der Waals surface area contributed by atoms with E-state index in [1.165, 1.54) is 0 Å². The van der Waals surface area contributed by atoms with Crippen molar-refractivity contribution in [2.75, 3.05) is 5.32 Å². The van der Waals surface area contributed by atoms with E-state index in [1.807, 2.05) is 6.07 Å². The summed E-state index contributed by atoms with van der Waals surface area (Å²) in [6.45, 7) is -0.00919. The number of hydrogen-bond donors (Lipinski definition) is 1. The number of fused-ring (bicyclic) bond motifs is 1. The third-order valence-electron chi connectivity index (χ3n) is 5.57. The van der Waals surface area contributed by atoms with Crippen molar-refractivity contribution in [1.82, 2.24) is 9.97 Å². The van der Waals surface area contributed by atoms with Crippen LogP contribution in [0.4, 0.5) is 19.0 Å². The van der Waals surface area contributed by atoms with E-state index in [0.29, 0.717) is 40.8 Å². The normalized spacial score (nSPS) is 13.4. The summed E-state index contributed by atoms with van der Waals surface area (Å²) in [5, 5.41) is 14.9. The maximum absolute atomic E-state index is 13.4. The number of aromatic nitrogens is 2. The first-order chi connectivity index (χ1) is 15.3. The number of carbonyl (C=O) groups is 1. The smallest absolute Gasteiger partial charge is 0.545 e. The number of hydrogen-bond acceptors (Lipinski definition) is 5. The molecular formula is C24H21F3N3NaO2. The van der Waals surface area contributed by atoms with Gasteiger partial charge in [0.2, 0.25) is 5.82 Å². The molecule has 1 heterocycles. The second-order valence-corrected chi connectivity index (χ2v) is 7.73. The number of aromatic carboxylic acids is 1. The molecular weight excluding hydrogens is 442 g/mol. The number of rotatable bonds is 5. The Labute approximate surface area is 211 Å². The van der Waals surface area contributed by atoms with Crippen LogP contribution in [0.1, 0.15) is 52.3 Å². The molecule has 166 valence electrons. The molecule has 5 nitrogen and oxygen atoms in total. The number of anilines is 1. The van der Waals surface area contributed by atoms with Gasteiger partial charge in [-0.25, -0.2) is 9.97 Å². The fourth-order valence-electron chi connectivity index (χ4n) is 4.07. The summed E-state index contributed by atoms with van der Waals surface area (Å²) in [5.74, 6) is -2.42. The Kier molecular flexibility index (Phi) is 8.15. The molecule has 2 aromatic carbocycles. The summed E-state index contributed by atoms with van der Waals surface area (Å²) < 4.78 is 40.1. The number of nitrogens with one attached hydrogen (secondary N) is 1. The second kappa shape index (κ2) is 10.7. The van der Waals surface area contributed by atoms with Crippen molar-refractivity contribution in [1.29, 1.82) is 0 Å². The molecule has 1 aliphatic rings. The predicted octanol–water partition coefficient (Wildman–Crippen LogP) is 1.41. The fourth-order valence-corrected chi connectivity index (χ4v) is 4.07. The minimum Gasteiger partial charge on any atom is -0.545 e. The maximum Gasteiger partial charge on any atom is 1.00 e. The minimum absolute atomic E-state index is 0. The second-order valence-electron chi connectivity index (χ2n) is 7.73. The van der Waals surface area contributed by atoms with Crippen molar-refractivity contribution >= 4 is 11.8 Å². The van der Waals surface area contributed by atoms with E-state index < -0.39 is 18.0 Å². The average molecular weight is 463 g/mol. The van der Waals surface area contributed by atoms with E-state index in [-0.39, 0.29) is 47.5 Å². The Balaban J connectivity index is 0.00000306. The van der Waals surface area contributed by atoms with Crippen molar-refractivity contribution in [3.63, 3.8) is 0 Å². The molecule has 1 N–H and O–H groups in total. The average Bonchev–Trinajstić information content (AvgIpc) is 3.02. The number of nitrogens with zero attached hydrogens (tertiary/aromatic N) is 2. The van der Waals surface area contributed by atoms with Crippen LogP contribution in [0, 0.1) is 0 Å². The Hall–Kier alpha value is -2.42. The Morgan fingerprint density at radius 3 is 2.39 bits per heavy atom. The van der Waals surface area contributed by atoms with Crippen LogP contribution in [0.15, 0.2) is 48.5 Å². The van der Waals surface area contributed by atoms with Crippen molar-refractivity contribution in [3.8, 4) is 11.1 Å². The largest absolute Gasteiger partial charge is 1.00 e. The number of carboxylic acids is 1. The Bertz CT molecular complexity index is 1140. The fraction of sp³-hybridized carbons (Fsp3) is 0.292. The van der Waals surface area contributed by atoms with E-state index in [1.54, 1.807) is 42.5 Å². The number of alkyl halides is 3.